The molecule has 35 heavy (non-hydrogen) atoms. The Hall–Kier alpha value is -3.21. The molecular formula is C30H41N3O2. The average molecular weight is 476 g/mol. The zero-order valence-electron chi connectivity index (χ0n) is 22.7. The standard InChI is InChI=1S/C30H41N3O2/c1-28(2,3)31-26-24(21-16-12-10-13-17-21)23(20-35-22-18-14-11-15-19-22)25(33(26)30(7,8)9)27(34)32-29(4,5)6/h10-19,31H,20H2,1-9H3,(H,32,34). The molecule has 1 heterocycles. The van der Waals surface area contributed by atoms with E-state index in [0.717, 1.165) is 28.3 Å². The Morgan fingerprint density at radius 2 is 1.34 bits per heavy atom. The third-order valence-corrected chi connectivity index (χ3v) is 5.33. The summed E-state index contributed by atoms with van der Waals surface area (Å²) in [6.07, 6.45) is 0. The molecule has 0 aliphatic rings. The molecule has 0 atom stereocenters. The molecule has 0 radical (unpaired) electrons. The van der Waals surface area contributed by atoms with E-state index in [0.29, 0.717) is 5.69 Å². The van der Waals surface area contributed by atoms with Crippen molar-refractivity contribution >= 4 is 11.7 Å². The Bertz CT molecular complexity index is 1140. The number of hydrogen-bond acceptors (Lipinski definition) is 3. The summed E-state index contributed by atoms with van der Waals surface area (Å²) in [6.45, 7) is 19.1. The topological polar surface area (TPSA) is 55.3 Å². The van der Waals surface area contributed by atoms with Gasteiger partial charge >= 0.3 is 0 Å². The molecule has 3 aromatic rings. The van der Waals surface area contributed by atoms with Crippen LogP contribution in [0.5, 0.6) is 5.75 Å². The maximum atomic E-state index is 13.9. The second-order valence-electron chi connectivity index (χ2n) is 12.1. The lowest BCUT2D eigenvalue weighted by molar-refractivity contribution is 0.0901. The molecule has 0 fully saturated rings. The highest BCUT2D eigenvalue weighted by atomic mass is 16.5. The van der Waals surface area contributed by atoms with E-state index in [-0.39, 0.29) is 29.1 Å². The lowest BCUT2D eigenvalue weighted by Crippen LogP contribution is -2.43. The lowest BCUT2D eigenvalue weighted by atomic mass is 10.0. The van der Waals surface area contributed by atoms with Crippen LogP contribution in [0.25, 0.3) is 11.1 Å². The second kappa shape index (κ2) is 9.80. The van der Waals surface area contributed by atoms with Crippen LogP contribution < -0.4 is 15.4 Å². The van der Waals surface area contributed by atoms with Gasteiger partial charge < -0.3 is 19.9 Å². The quantitative estimate of drug-likeness (QED) is 0.395. The van der Waals surface area contributed by atoms with Gasteiger partial charge in [-0.2, -0.15) is 0 Å². The zero-order valence-corrected chi connectivity index (χ0v) is 22.7. The predicted molar refractivity (Wildman–Crippen MR) is 146 cm³/mol. The fourth-order valence-corrected chi connectivity index (χ4v) is 4.13. The van der Waals surface area contributed by atoms with E-state index >= 15 is 0 Å². The summed E-state index contributed by atoms with van der Waals surface area (Å²) in [6, 6.07) is 20.0. The van der Waals surface area contributed by atoms with Gasteiger partial charge in [-0.3, -0.25) is 4.79 Å². The molecule has 0 saturated carbocycles. The number of carbonyl (C=O) groups excluding carboxylic acids is 1. The van der Waals surface area contributed by atoms with Crippen molar-refractivity contribution in [2.45, 2.75) is 85.5 Å². The molecule has 0 bridgehead atoms. The predicted octanol–water partition coefficient (Wildman–Crippen LogP) is 7.23. The highest BCUT2D eigenvalue weighted by molar-refractivity contribution is 6.00. The highest BCUT2D eigenvalue weighted by Crippen LogP contribution is 2.42. The van der Waals surface area contributed by atoms with Crippen molar-refractivity contribution in [2.75, 3.05) is 5.32 Å². The third kappa shape index (κ3) is 6.68. The number of rotatable bonds is 6. The van der Waals surface area contributed by atoms with Crippen LogP contribution in [-0.4, -0.2) is 21.6 Å². The van der Waals surface area contributed by atoms with Crippen molar-refractivity contribution in [2.24, 2.45) is 0 Å². The number of carbonyl (C=O) groups is 1. The van der Waals surface area contributed by atoms with E-state index in [1.165, 1.54) is 0 Å². The Kier molecular flexibility index (Phi) is 7.39. The molecule has 0 spiro atoms. The van der Waals surface area contributed by atoms with E-state index in [2.05, 4.69) is 68.9 Å². The first-order valence-electron chi connectivity index (χ1n) is 12.3. The number of benzene rings is 2. The van der Waals surface area contributed by atoms with Gasteiger partial charge in [-0.25, -0.2) is 0 Å². The van der Waals surface area contributed by atoms with Gasteiger partial charge in [-0.1, -0.05) is 48.5 Å². The molecular weight excluding hydrogens is 434 g/mol. The monoisotopic (exact) mass is 475 g/mol. The summed E-state index contributed by atoms with van der Waals surface area (Å²) < 4.78 is 8.41. The van der Waals surface area contributed by atoms with Gasteiger partial charge in [0.15, 0.2) is 0 Å². The summed E-state index contributed by atoms with van der Waals surface area (Å²) in [5, 5.41) is 6.93. The number of anilines is 1. The summed E-state index contributed by atoms with van der Waals surface area (Å²) in [7, 11) is 0. The Labute approximate surface area is 210 Å². The van der Waals surface area contributed by atoms with Crippen LogP contribution in [-0.2, 0) is 12.1 Å². The van der Waals surface area contributed by atoms with Crippen molar-refractivity contribution in [3.63, 3.8) is 0 Å². The van der Waals surface area contributed by atoms with Crippen LogP contribution in [0.2, 0.25) is 0 Å². The summed E-state index contributed by atoms with van der Waals surface area (Å²) in [5.74, 6) is 1.57. The van der Waals surface area contributed by atoms with Crippen LogP contribution in [0.1, 0.15) is 78.4 Å². The number of amides is 1. The van der Waals surface area contributed by atoms with E-state index in [4.69, 9.17) is 4.74 Å². The van der Waals surface area contributed by atoms with E-state index < -0.39 is 0 Å². The number of para-hydroxylation sites is 1. The summed E-state index contributed by atoms with van der Waals surface area (Å²) >= 11 is 0. The van der Waals surface area contributed by atoms with Crippen LogP contribution in [0.15, 0.2) is 60.7 Å². The highest BCUT2D eigenvalue weighted by Gasteiger charge is 2.35. The minimum absolute atomic E-state index is 0.113. The van der Waals surface area contributed by atoms with Crippen molar-refractivity contribution in [3.05, 3.63) is 71.9 Å². The molecule has 5 nitrogen and oxygen atoms in total. The van der Waals surface area contributed by atoms with Gasteiger partial charge in [0, 0.05) is 27.7 Å². The molecule has 3 rings (SSSR count). The van der Waals surface area contributed by atoms with Gasteiger partial charge in [-0.15, -0.1) is 0 Å². The van der Waals surface area contributed by atoms with Gasteiger partial charge in [0.2, 0.25) is 0 Å². The first kappa shape index (κ1) is 26.4. The molecule has 5 heteroatoms. The summed E-state index contributed by atoms with van der Waals surface area (Å²) in [5.41, 5.74) is 2.54. The number of aromatic nitrogens is 1. The van der Waals surface area contributed by atoms with E-state index in [1.807, 2.05) is 69.3 Å². The first-order valence-corrected chi connectivity index (χ1v) is 12.3. The molecule has 0 unspecified atom stereocenters. The van der Waals surface area contributed by atoms with Gasteiger partial charge in [0.25, 0.3) is 5.91 Å². The average Bonchev–Trinajstić information content (AvgIpc) is 3.05. The van der Waals surface area contributed by atoms with Crippen molar-refractivity contribution in [1.82, 2.24) is 9.88 Å². The Morgan fingerprint density at radius 1 is 0.800 bits per heavy atom. The molecule has 0 aliphatic carbocycles. The number of nitrogens with zero attached hydrogens (tertiary/aromatic N) is 1. The molecule has 188 valence electrons. The Balaban J connectivity index is 2.36. The maximum absolute atomic E-state index is 13.9. The molecule has 1 aromatic heterocycles. The number of hydrogen-bond donors (Lipinski definition) is 2. The van der Waals surface area contributed by atoms with Gasteiger partial charge in [0.05, 0.1) is 0 Å². The van der Waals surface area contributed by atoms with E-state index in [1.54, 1.807) is 0 Å². The largest absolute Gasteiger partial charge is 0.489 e. The first-order chi connectivity index (χ1) is 16.2. The molecule has 2 N–H and O–H groups in total. The fourth-order valence-electron chi connectivity index (χ4n) is 4.13. The van der Waals surface area contributed by atoms with Crippen molar-refractivity contribution in [3.8, 4) is 16.9 Å². The van der Waals surface area contributed by atoms with Gasteiger partial charge in [0.1, 0.15) is 23.9 Å². The molecule has 0 aliphatic heterocycles. The number of nitrogens with one attached hydrogen (secondary N) is 2. The molecule has 2 aromatic carbocycles. The van der Waals surface area contributed by atoms with Crippen LogP contribution >= 0.6 is 0 Å². The maximum Gasteiger partial charge on any atom is 0.268 e. The zero-order chi connectivity index (χ0) is 26.0. The minimum atomic E-state index is -0.383. The van der Waals surface area contributed by atoms with Gasteiger partial charge in [-0.05, 0) is 80.0 Å². The van der Waals surface area contributed by atoms with Crippen LogP contribution in [0.4, 0.5) is 5.82 Å². The fraction of sp³-hybridized carbons (Fsp3) is 0.433. The van der Waals surface area contributed by atoms with Crippen LogP contribution in [0.3, 0.4) is 0 Å². The Morgan fingerprint density at radius 3 is 1.83 bits per heavy atom. The third-order valence-electron chi connectivity index (χ3n) is 5.33. The lowest BCUT2D eigenvalue weighted by Gasteiger charge is -2.32. The smallest absolute Gasteiger partial charge is 0.268 e. The SMILES string of the molecule is CC(C)(C)NC(=O)c1c(COc2ccccc2)c(-c2ccccc2)c(NC(C)(C)C)n1C(C)(C)C. The summed E-state index contributed by atoms with van der Waals surface area (Å²) in [4.78, 5) is 13.9. The molecule has 0 saturated heterocycles. The number of ether oxygens (including phenoxy) is 1. The second-order valence-corrected chi connectivity index (χ2v) is 12.1. The minimum Gasteiger partial charge on any atom is -0.489 e. The van der Waals surface area contributed by atoms with Crippen molar-refractivity contribution in [1.29, 1.82) is 0 Å². The molecule has 1 amide bonds. The van der Waals surface area contributed by atoms with Crippen LogP contribution in [0, 0.1) is 0 Å². The van der Waals surface area contributed by atoms with E-state index in [9.17, 15) is 4.79 Å². The normalized spacial score (nSPS) is 12.4. The van der Waals surface area contributed by atoms with Crippen molar-refractivity contribution < 1.29 is 9.53 Å².